The Morgan fingerprint density at radius 1 is 1.17 bits per heavy atom. The number of rotatable bonds is 4. The molecule has 2 aromatic heterocycles. The highest BCUT2D eigenvalue weighted by Gasteiger charge is 2.34. The molecule has 0 aliphatic carbocycles. The molecule has 2 N–H and O–H groups in total. The number of aromatic amines is 1. The van der Waals surface area contributed by atoms with Gasteiger partial charge < -0.3 is 19.7 Å². The molecule has 0 unspecified atom stereocenters. The summed E-state index contributed by atoms with van der Waals surface area (Å²) in [6, 6.07) is 6.72. The van der Waals surface area contributed by atoms with E-state index < -0.39 is 6.09 Å². The van der Waals surface area contributed by atoms with E-state index in [0.29, 0.717) is 12.5 Å². The van der Waals surface area contributed by atoms with Gasteiger partial charge in [0.05, 0.1) is 6.04 Å². The zero-order valence-electron chi connectivity index (χ0n) is 20.4. The van der Waals surface area contributed by atoms with E-state index in [9.17, 15) is 9.90 Å². The average molecular weight is 475 g/mol. The van der Waals surface area contributed by atoms with Crippen molar-refractivity contribution in [1.29, 1.82) is 0 Å². The maximum absolute atomic E-state index is 12.1. The van der Waals surface area contributed by atoms with Crippen LogP contribution < -0.4 is 0 Å². The molecule has 3 aromatic rings. The molecule has 5 heterocycles. The molecule has 0 spiro atoms. The van der Waals surface area contributed by atoms with Crippen LogP contribution in [0.2, 0.25) is 0 Å². The van der Waals surface area contributed by atoms with E-state index in [1.165, 1.54) is 22.3 Å². The van der Waals surface area contributed by atoms with E-state index in [1.807, 2.05) is 12.4 Å². The van der Waals surface area contributed by atoms with Crippen LogP contribution in [0.5, 0.6) is 0 Å². The van der Waals surface area contributed by atoms with Crippen LogP contribution in [0.1, 0.15) is 54.0 Å². The number of likely N-dealkylation sites (tertiary alicyclic amines) is 1. The SMILES string of the molecule is Cc1c[nH]c2ncc(-c3cc4c(c([C@@H]5CCCN5C(=O)O)c3)CN(CC3CCOCC3)CC4)cc12. The number of fused-ring (bicyclic) bond motifs is 2. The number of nitrogens with one attached hydrogen (secondary N) is 1. The van der Waals surface area contributed by atoms with Crippen molar-refractivity contribution >= 4 is 17.1 Å². The number of hydrogen-bond donors (Lipinski definition) is 2. The first-order valence-corrected chi connectivity index (χ1v) is 13.0. The largest absolute Gasteiger partial charge is 0.465 e. The van der Waals surface area contributed by atoms with Crippen molar-refractivity contribution in [3.63, 3.8) is 0 Å². The summed E-state index contributed by atoms with van der Waals surface area (Å²) in [5.74, 6) is 0.692. The Labute approximate surface area is 206 Å². The van der Waals surface area contributed by atoms with Crippen LogP contribution in [0, 0.1) is 12.8 Å². The molecule has 7 nitrogen and oxygen atoms in total. The Balaban J connectivity index is 1.39. The Morgan fingerprint density at radius 2 is 2.03 bits per heavy atom. The lowest BCUT2D eigenvalue weighted by Gasteiger charge is -2.36. The molecule has 1 aromatic carbocycles. The highest BCUT2D eigenvalue weighted by Crippen LogP contribution is 2.40. The van der Waals surface area contributed by atoms with Crippen LogP contribution in [0.4, 0.5) is 4.79 Å². The summed E-state index contributed by atoms with van der Waals surface area (Å²) in [6.07, 6.45) is 8.19. The Hall–Kier alpha value is -2.90. The molecule has 7 heteroatoms. The summed E-state index contributed by atoms with van der Waals surface area (Å²) in [6.45, 7) is 7.51. The maximum Gasteiger partial charge on any atom is 0.407 e. The van der Waals surface area contributed by atoms with Gasteiger partial charge in [0.15, 0.2) is 0 Å². The Morgan fingerprint density at radius 3 is 2.86 bits per heavy atom. The smallest absolute Gasteiger partial charge is 0.407 e. The van der Waals surface area contributed by atoms with Crippen LogP contribution in [0.25, 0.3) is 22.2 Å². The molecule has 184 valence electrons. The van der Waals surface area contributed by atoms with Crippen molar-refractivity contribution in [2.75, 3.05) is 32.8 Å². The lowest BCUT2D eigenvalue weighted by atomic mass is 9.86. The summed E-state index contributed by atoms with van der Waals surface area (Å²) in [7, 11) is 0. The van der Waals surface area contributed by atoms with Crippen molar-refractivity contribution in [2.24, 2.45) is 5.92 Å². The number of amides is 1. The van der Waals surface area contributed by atoms with Crippen LogP contribution in [0.3, 0.4) is 0 Å². The van der Waals surface area contributed by atoms with Gasteiger partial charge in [0.1, 0.15) is 5.65 Å². The number of ether oxygens (including phenoxy) is 1. The van der Waals surface area contributed by atoms with Crippen molar-refractivity contribution in [2.45, 2.75) is 51.6 Å². The minimum Gasteiger partial charge on any atom is -0.465 e. The van der Waals surface area contributed by atoms with E-state index in [0.717, 1.165) is 87.1 Å². The zero-order valence-corrected chi connectivity index (χ0v) is 20.4. The number of nitrogens with zero attached hydrogens (tertiary/aromatic N) is 3. The van der Waals surface area contributed by atoms with Gasteiger partial charge in [-0.05, 0) is 84.9 Å². The van der Waals surface area contributed by atoms with E-state index >= 15 is 0 Å². The standard InChI is InChI=1S/C28H34N4O3/c1-18-14-29-27-23(18)13-22(15-30-27)21-11-20-4-8-31(16-19-5-9-35-10-6-19)17-25(20)24(12-21)26-3-2-7-32(26)28(33)34/h11-15,19,26H,2-10,16-17H2,1H3,(H,29,30)(H,33,34)/t26-/m0/s1. The fraction of sp³-hybridized carbons (Fsp3) is 0.500. The van der Waals surface area contributed by atoms with E-state index in [1.54, 1.807) is 4.90 Å². The minimum atomic E-state index is -0.812. The highest BCUT2D eigenvalue weighted by molar-refractivity contribution is 5.84. The summed E-state index contributed by atoms with van der Waals surface area (Å²) < 4.78 is 5.56. The van der Waals surface area contributed by atoms with Crippen molar-refractivity contribution < 1.29 is 14.6 Å². The fourth-order valence-electron chi connectivity index (χ4n) is 6.28. The maximum atomic E-state index is 12.1. The number of carbonyl (C=O) groups is 1. The highest BCUT2D eigenvalue weighted by atomic mass is 16.5. The van der Waals surface area contributed by atoms with Crippen molar-refractivity contribution in [3.05, 3.63) is 52.8 Å². The Kier molecular flexibility index (Phi) is 5.98. The van der Waals surface area contributed by atoms with Gasteiger partial charge in [-0.2, -0.15) is 0 Å². The van der Waals surface area contributed by atoms with Gasteiger partial charge in [-0.15, -0.1) is 0 Å². The molecule has 3 aliphatic heterocycles. The van der Waals surface area contributed by atoms with Crippen LogP contribution >= 0.6 is 0 Å². The van der Waals surface area contributed by atoms with Crippen molar-refractivity contribution in [3.8, 4) is 11.1 Å². The van der Waals surface area contributed by atoms with Crippen molar-refractivity contribution in [1.82, 2.24) is 19.8 Å². The molecule has 2 fully saturated rings. The number of pyridine rings is 1. The monoisotopic (exact) mass is 474 g/mol. The molecule has 3 aliphatic rings. The summed E-state index contributed by atoms with van der Waals surface area (Å²) in [5, 5.41) is 11.1. The summed E-state index contributed by atoms with van der Waals surface area (Å²) >= 11 is 0. The lowest BCUT2D eigenvalue weighted by molar-refractivity contribution is 0.0505. The topological polar surface area (TPSA) is 81.7 Å². The summed E-state index contributed by atoms with van der Waals surface area (Å²) in [5.41, 5.74) is 8.23. The molecule has 0 radical (unpaired) electrons. The van der Waals surface area contributed by atoms with Crippen LogP contribution in [-0.4, -0.2) is 63.8 Å². The quantitative estimate of drug-likeness (QED) is 0.547. The van der Waals surface area contributed by atoms with Crippen LogP contribution in [-0.2, 0) is 17.7 Å². The third-order valence-electron chi connectivity index (χ3n) is 8.24. The van der Waals surface area contributed by atoms with Gasteiger partial charge >= 0.3 is 6.09 Å². The second kappa shape index (κ2) is 9.28. The molecular weight excluding hydrogens is 440 g/mol. The number of benzene rings is 1. The number of aromatic nitrogens is 2. The number of aryl methyl sites for hydroxylation is 1. The number of H-pyrrole nitrogens is 1. The molecule has 6 rings (SSSR count). The van der Waals surface area contributed by atoms with Gasteiger partial charge in [0.25, 0.3) is 0 Å². The molecule has 1 atom stereocenters. The number of carboxylic acid groups (broad SMARTS) is 1. The fourth-order valence-corrected chi connectivity index (χ4v) is 6.28. The normalized spacial score (nSPS) is 21.5. The molecule has 2 saturated heterocycles. The van der Waals surface area contributed by atoms with Gasteiger partial charge in [0.2, 0.25) is 0 Å². The molecular formula is C28H34N4O3. The predicted octanol–water partition coefficient (Wildman–Crippen LogP) is 5.14. The Bertz CT molecular complexity index is 1250. The van der Waals surface area contributed by atoms with E-state index in [-0.39, 0.29) is 6.04 Å². The first-order chi connectivity index (χ1) is 17.1. The van der Waals surface area contributed by atoms with E-state index in [4.69, 9.17) is 4.74 Å². The zero-order chi connectivity index (χ0) is 23.9. The third-order valence-corrected chi connectivity index (χ3v) is 8.24. The third kappa shape index (κ3) is 4.32. The van der Waals surface area contributed by atoms with Crippen LogP contribution in [0.15, 0.2) is 30.6 Å². The van der Waals surface area contributed by atoms with Gasteiger partial charge in [-0.25, -0.2) is 9.78 Å². The van der Waals surface area contributed by atoms with Gasteiger partial charge in [-0.3, -0.25) is 4.90 Å². The molecule has 1 amide bonds. The minimum absolute atomic E-state index is 0.0742. The lowest BCUT2D eigenvalue weighted by Crippen LogP contribution is -2.37. The first kappa shape index (κ1) is 22.6. The van der Waals surface area contributed by atoms with Gasteiger partial charge in [0, 0.05) is 62.7 Å². The summed E-state index contributed by atoms with van der Waals surface area (Å²) in [4.78, 5) is 24.2. The second-order valence-electron chi connectivity index (χ2n) is 10.5. The molecule has 35 heavy (non-hydrogen) atoms. The van der Waals surface area contributed by atoms with Gasteiger partial charge in [-0.1, -0.05) is 6.07 Å². The predicted molar refractivity (Wildman–Crippen MR) is 135 cm³/mol. The molecule has 0 saturated carbocycles. The van der Waals surface area contributed by atoms with E-state index in [2.05, 4.69) is 40.0 Å². The molecule has 0 bridgehead atoms. The number of hydrogen-bond acceptors (Lipinski definition) is 4. The average Bonchev–Trinajstić information content (AvgIpc) is 3.51. The first-order valence-electron chi connectivity index (χ1n) is 13.0. The second-order valence-corrected chi connectivity index (χ2v) is 10.5.